The summed E-state index contributed by atoms with van der Waals surface area (Å²) in [5.74, 6) is 0.855. The van der Waals surface area contributed by atoms with Crippen molar-refractivity contribution in [3.8, 4) is 17.1 Å². The normalized spacial score (nSPS) is 16.6. The van der Waals surface area contributed by atoms with Crippen molar-refractivity contribution in [3.05, 3.63) is 65.8 Å². The number of hydrogen-bond donors (Lipinski definition) is 0. The number of hydrogen-bond acceptors (Lipinski definition) is 6. The molecule has 1 aliphatic rings. The third-order valence-electron chi connectivity index (χ3n) is 4.79. The average Bonchev–Trinajstić information content (AvgIpc) is 3.22. The molecule has 150 valence electrons. The topological polar surface area (TPSA) is 77.7 Å². The van der Waals surface area contributed by atoms with Crippen molar-refractivity contribution in [3.63, 3.8) is 0 Å². The summed E-state index contributed by atoms with van der Waals surface area (Å²) in [5, 5.41) is 3.94. The first-order chi connectivity index (χ1) is 14.1. The zero-order chi connectivity index (χ0) is 20.2. The highest BCUT2D eigenvalue weighted by molar-refractivity contribution is 5.78. The molecule has 1 aromatic heterocycles. The van der Waals surface area contributed by atoms with Gasteiger partial charge in [0.15, 0.2) is 0 Å². The van der Waals surface area contributed by atoms with Crippen LogP contribution >= 0.6 is 0 Å². The van der Waals surface area contributed by atoms with Crippen LogP contribution in [0.1, 0.15) is 17.6 Å². The molecule has 0 spiro atoms. The molecule has 8 heteroatoms. The molecule has 29 heavy (non-hydrogen) atoms. The zero-order valence-electron chi connectivity index (χ0n) is 15.9. The summed E-state index contributed by atoms with van der Waals surface area (Å²) in [6.07, 6.45) is -0.515. The van der Waals surface area contributed by atoms with E-state index >= 15 is 0 Å². The first kappa shape index (κ1) is 19.1. The van der Waals surface area contributed by atoms with Crippen molar-refractivity contribution in [2.75, 3.05) is 26.8 Å². The summed E-state index contributed by atoms with van der Waals surface area (Å²) in [7, 11) is 1.59. The second-order valence-corrected chi connectivity index (χ2v) is 6.64. The number of carbonyl (C=O) groups is 1. The van der Waals surface area contributed by atoms with Crippen LogP contribution in [0, 0.1) is 5.82 Å². The van der Waals surface area contributed by atoms with Crippen LogP contribution in [0.3, 0.4) is 0 Å². The molecule has 0 N–H and O–H groups in total. The SMILES string of the molecule is COc1ccc(-c2noc(CC(=O)N3CCOC(c4ccccc4F)C3)n2)cc1. The van der Waals surface area contributed by atoms with Gasteiger partial charge in [-0.3, -0.25) is 4.79 Å². The molecule has 1 unspecified atom stereocenters. The standard InChI is InChI=1S/C21H20FN3O4/c1-27-15-8-6-14(7-9-15)21-23-19(29-24-21)12-20(26)25-10-11-28-18(13-25)16-4-2-3-5-17(16)22/h2-9,18H,10-13H2,1H3. The Bertz CT molecular complexity index is 990. The van der Waals surface area contributed by atoms with Crippen LogP contribution < -0.4 is 4.74 Å². The Labute approximate surface area is 167 Å². The lowest BCUT2D eigenvalue weighted by molar-refractivity contribution is -0.138. The number of benzene rings is 2. The number of morpholine rings is 1. The molecule has 3 aromatic rings. The predicted molar refractivity (Wildman–Crippen MR) is 102 cm³/mol. The third kappa shape index (κ3) is 4.27. The van der Waals surface area contributed by atoms with E-state index in [0.29, 0.717) is 24.5 Å². The van der Waals surface area contributed by atoms with Crippen molar-refractivity contribution in [2.24, 2.45) is 0 Å². The molecule has 1 amide bonds. The van der Waals surface area contributed by atoms with Gasteiger partial charge in [-0.15, -0.1) is 0 Å². The molecule has 0 aliphatic carbocycles. The van der Waals surface area contributed by atoms with Gasteiger partial charge in [-0.05, 0) is 30.3 Å². The Morgan fingerprint density at radius 2 is 2.03 bits per heavy atom. The molecule has 1 fully saturated rings. The lowest BCUT2D eigenvalue weighted by Gasteiger charge is -2.33. The summed E-state index contributed by atoms with van der Waals surface area (Å²) < 4.78 is 30.1. The Morgan fingerprint density at radius 1 is 1.24 bits per heavy atom. The van der Waals surface area contributed by atoms with E-state index < -0.39 is 6.10 Å². The van der Waals surface area contributed by atoms with E-state index in [1.807, 2.05) is 12.1 Å². The summed E-state index contributed by atoms with van der Waals surface area (Å²) in [6.45, 7) is 1.05. The fraction of sp³-hybridized carbons (Fsp3) is 0.286. The van der Waals surface area contributed by atoms with E-state index in [2.05, 4.69) is 10.1 Å². The van der Waals surface area contributed by atoms with Gasteiger partial charge in [0.1, 0.15) is 24.1 Å². The highest BCUT2D eigenvalue weighted by Gasteiger charge is 2.28. The zero-order valence-corrected chi connectivity index (χ0v) is 15.9. The van der Waals surface area contributed by atoms with Gasteiger partial charge in [0.05, 0.1) is 20.3 Å². The monoisotopic (exact) mass is 397 g/mol. The molecular weight excluding hydrogens is 377 g/mol. The molecule has 1 saturated heterocycles. The van der Waals surface area contributed by atoms with Crippen molar-refractivity contribution in [2.45, 2.75) is 12.5 Å². The van der Waals surface area contributed by atoms with Crippen LogP contribution in [0.2, 0.25) is 0 Å². The molecule has 4 rings (SSSR count). The fourth-order valence-corrected chi connectivity index (χ4v) is 3.23. The minimum atomic E-state index is -0.494. The number of amides is 1. The van der Waals surface area contributed by atoms with E-state index in [9.17, 15) is 9.18 Å². The molecular formula is C21H20FN3O4. The Hall–Kier alpha value is -3.26. The van der Waals surface area contributed by atoms with Gasteiger partial charge in [0, 0.05) is 17.7 Å². The molecule has 0 saturated carbocycles. The summed E-state index contributed by atoms with van der Waals surface area (Å²) in [5.41, 5.74) is 1.21. The van der Waals surface area contributed by atoms with E-state index in [1.165, 1.54) is 6.07 Å². The van der Waals surface area contributed by atoms with Crippen LogP contribution in [0.5, 0.6) is 5.75 Å². The molecule has 0 radical (unpaired) electrons. The molecule has 1 atom stereocenters. The number of methoxy groups -OCH3 is 1. The largest absolute Gasteiger partial charge is 0.497 e. The highest BCUT2D eigenvalue weighted by atomic mass is 19.1. The van der Waals surface area contributed by atoms with Crippen LogP contribution in [0.15, 0.2) is 53.1 Å². The van der Waals surface area contributed by atoms with Crippen LogP contribution in [-0.4, -0.2) is 47.8 Å². The summed E-state index contributed by atoms with van der Waals surface area (Å²) >= 11 is 0. The van der Waals surface area contributed by atoms with Crippen molar-refractivity contribution < 1.29 is 23.2 Å². The van der Waals surface area contributed by atoms with Gasteiger partial charge in [-0.2, -0.15) is 4.98 Å². The molecule has 1 aliphatic heterocycles. The van der Waals surface area contributed by atoms with Crippen molar-refractivity contribution in [1.82, 2.24) is 15.0 Å². The molecule has 7 nitrogen and oxygen atoms in total. The number of carbonyl (C=O) groups excluding carboxylic acids is 1. The Kier molecular flexibility index (Phi) is 5.53. The van der Waals surface area contributed by atoms with Crippen molar-refractivity contribution >= 4 is 5.91 Å². The van der Waals surface area contributed by atoms with Crippen molar-refractivity contribution in [1.29, 1.82) is 0 Å². The Morgan fingerprint density at radius 3 is 2.79 bits per heavy atom. The number of ether oxygens (including phenoxy) is 2. The minimum Gasteiger partial charge on any atom is -0.497 e. The minimum absolute atomic E-state index is 0.0207. The first-order valence-corrected chi connectivity index (χ1v) is 9.25. The second-order valence-electron chi connectivity index (χ2n) is 6.64. The van der Waals surface area contributed by atoms with Gasteiger partial charge in [0.2, 0.25) is 17.6 Å². The van der Waals surface area contributed by atoms with Crippen LogP contribution in [0.4, 0.5) is 4.39 Å². The van der Waals surface area contributed by atoms with Crippen LogP contribution in [-0.2, 0) is 16.0 Å². The number of nitrogens with zero attached hydrogens (tertiary/aromatic N) is 3. The van der Waals surface area contributed by atoms with E-state index in [0.717, 1.165) is 11.3 Å². The van der Waals surface area contributed by atoms with E-state index in [-0.39, 0.29) is 30.6 Å². The van der Waals surface area contributed by atoms with Crippen LogP contribution in [0.25, 0.3) is 11.4 Å². The predicted octanol–water partition coefficient (Wildman–Crippen LogP) is 3.03. The molecule has 2 heterocycles. The maximum Gasteiger partial charge on any atom is 0.236 e. The maximum atomic E-state index is 14.0. The van der Waals surface area contributed by atoms with Gasteiger partial charge < -0.3 is 18.9 Å². The Balaban J connectivity index is 1.41. The van der Waals surface area contributed by atoms with Gasteiger partial charge in [-0.25, -0.2) is 4.39 Å². The molecule has 0 bridgehead atoms. The van der Waals surface area contributed by atoms with E-state index in [1.54, 1.807) is 42.3 Å². The lowest BCUT2D eigenvalue weighted by Crippen LogP contribution is -2.43. The van der Waals surface area contributed by atoms with Gasteiger partial charge >= 0.3 is 0 Å². The van der Waals surface area contributed by atoms with E-state index in [4.69, 9.17) is 14.0 Å². The number of rotatable bonds is 5. The first-order valence-electron chi connectivity index (χ1n) is 9.25. The number of halogens is 1. The van der Waals surface area contributed by atoms with Gasteiger partial charge in [-0.1, -0.05) is 23.4 Å². The van der Waals surface area contributed by atoms with Gasteiger partial charge in [0.25, 0.3) is 0 Å². The maximum absolute atomic E-state index is 14.0. The quantitative estimate of drug-likeness (QED) is 0.659. The summed E-state index contributed by atoms with van der Waals surface area (Å²) in [6, 6.07) is 13.7. The molecule has 2 aromatic carbocycles. The fourth-order valence-electron chi connectivity index (χ4n) is 3.23. The lowest BCUT2D eigenvalue weighted by atomic mass is 10.1. The smallest absolute Gasteiger partial charge is 0.236 e. The summed E-state index contributed by atoms with van der Waals surface area (Å²) in [4.78, 5) is 18.6. The third-order valence-corrected chi connectivity index (χ3v) is 4.79. The highest BCUT2D eigenvalue weighted by Crippen LogP contribution is 2.25. The second kappa shape index (κ2) is 8.40. The average molecular weight is 397 g/mol. The number of aromatic nitrogens is 2.